The Labute approximate surface area is 144 Å². The molecule has 1 amide bonds. The molecule has 132 valence electrons. The number of rotatable bonds is 5. The molecule has 3 rings (SSSR count). The van der Waals surface area contributed by atoms with E-state index in [1.54, 1.807) is 0 Å². The van der Waals surface area contributed by atoms with Crippen LogP contribution in [-0.4, -0.2) is 47.7 Å². The van der Waals surface area contributed by atoms with Crippen LogP contribution in [0.3, 0.4) is 0 Å². The van der Waals surface area contributed by atoms with Gasteiger partial charge in [-0.2, -0.15) is 0 Å². The summed E-state index contributed by atoms with van der Waals surface area (Å²) in [7, 11) is 0. The number of carbonyl (C=O) groups is 1. The van der Waals surface area contributed by atoms with Gasteiger partial charge >= 0.3 is 0 Å². The Balaban J connectivity index is 1.43. The lowest BCUT2D eigenvalue weighted by atomic mass is 9.99. The van der Waals surface area contributed by atoms with Crippen molar-refractivity contribution in [3.05, 3.63) is 35.4 Å². The zero-order valence-electron chi connectivity index (χ0n) is 14.5. The second kappa shape index (κ2) is 8.10. The highest BCUT2D eigenvalue weighted by atomic mass is 16.3. The third-order valence-electron chi connectivity index (χ3n) is 5.20. The molecule has 5 nitrogen and oxygen atoms in total. The number of amides is 1. The first-order valence-electron chi connectivity index (χ1n) is 9.09. The molecule has 0 radical (unpaired) electrons. The van der Waals surface area contributed by atoms with E-state index in [4.69, 9.17) is 0 Å². The lowest BCUT2D eigenvalue weighted by Gasteiger charge is -2.30. The number of benzene rings is 1. The lowest BCUT2D eigenvalue weighted by Crippen LogP contribution is -2.40. The maximum atomic E-state index is 12.0. The molecule has 0 aliphatic carbocycles. The van der Waals surface area contributed by atoms with Crippen LogP contribution in [0.4, 0.5) is 0 Å². The minimum Gasteiger partial charge on any atom is -0.392 e. The molecule has 2 atom stereocenters. The number of likely N-dealkylation sites (tertiary alicyclic amines) is 1. The number of nitrogens with one attached hydrogen (secondary N) is 2. The SMILES string of the molecule is CC1CCN(Cc2ccc(CNC(=O)C3CC(O)CN3)cc2)CC1. The van der Waals surface area contributed by atoms with Gasteiger partial charge in [0.15, 0.2) is 0 Å². The molecule has 3 N–H and O–H groups in total. The fourth-order valence-electron chi connectivity index (χ4n) is 3.47. The summed E-state index contributed by atoms with van der Waals surface area (Å²) in [4.78, 5) is 14.6. The minimum atomic E-state index is -0.405. The van der Waals surface area contributed by atoms with Gasteiger partial charge in [0.1, 0.15) is 0 Å². The second-order valence-electron chi connectivity index (χ2n) is 7.34. The molecule has 5 heteroatoms. The second-order valence-corrected chi connectivity index (χ2v) is 7.34. The summed E-state index contributed by atoms with van der Waals surface area (Å²) >= 11 is 0. The summed E-state index contributed by atoms with van der Waals surface area (Å²) in [6.45, 7) is 6.78. The number of aliphatic hydroxyl groups is 1. The molecule has 2 fully saturated rings. The first-order chi connectivity index (χ1) is 11.6. The molecular weight excluding hydrogens is 302 g/mol. The van der Waals surface area contributed by atoms with Gasteiger partial charge in [-0.25, -0.2) is 0 Å². The van der Waals surface area contributed by atoms with Crippen molar-refractivity contribution in [1.29, 1.82) is 0 Å². The van der Waals surface area contributed by atoms with E-state index in [2.05, 4.69) is 46.7 Å². The third-order valence-corrected chi connectivity index (χ3v) is 5.20. The quantitative estimate of drug-likeness (QED) is 0.760. The monoisotopic (exact) mass is 331 g/mol. The Morgan fingerprint density at radius 3 is 2.54 bits per heavy atom. The summed E-state index contributed by atoms with van der Waals surface area (Å²) in [5, 5.41) is 15.4. The summed E-state index contributed by atoms with van der Waals surface area (Å²) < 4.78 is 0. The van der Waals surface area contributed by atoms with E-state index < -0.39 is 6.10 Å². The maximum Gasteiger partial charge on any atom is 0.237 e. The first kappa shape index (κ1) is 17.4. The summed E-state index contributed by atoms with van der Waals surface area (Å²) in [6, 6.07) is 8.26. The lowest BCUT2D eigenvalue weighted by molar-refractivity contribution is -0.123. The predicted octanol–water partition coefficient (Wildman–Crippen LogP) is 1.26. The Kier molecular flexibility index (Phi) is 5.87. The van der Waals surface area contributed by atoms with Crippen LogP contribution in [0.1, 0.15) is 37.3 Å². The highest BCUT2D eigenvalue weighted by Gasteiger charge is 2.27. The molecule has 2 aliphatic heterocycles. The molecule has 24 heavy (non-hydrogen) atoms. The number of aliphatic hydroxyl groups excluding tert-OH is 1. The van der Waals surface area contributed by atoms with E-state index in [1.165, 1.54) is 31.5 Å². The van der Waals surface area contributed by atoms with Gasteiger partial charge in [-0.1, -0.05) is 31.2 Å². The van der Waals surface area contributed by atoms with Crippen LogP contribution in [0.2, 0.25) is 0 Å². The number of β-amino-alcohol motifs (C(OH)–C–C–N with tert-alkyl or cyclic N) is 1. The fraction of sp³-hybridized carbons (Fsp3) is 0.632. The maximum absolute atomic E-state index is 12.0. The third kappa shape index (κ3) is 4.79. The van der Waals surface area contributed by atoms with Crippen LogP contribution in [-0.2, 0) is 17.9 Å². The average Bonchev–Trinajstić information content (AvgIpc) is 3.03. The van der Waals surface area contributed by atoms with E-state index in [-0.39, 0.29) is 11.9 Å². The number of hydrogen-bond acceptors (Lipinski definition) is 4. The smallest absolute Gasteiger partial charge is 0.237 e. The van der Waals surface area contributed by atoms with Crippen molar-refractivity contribution in [2.45, 2.75) is 51.4 Å². The van der Waals surface area contributed by atoms with E-state index in [9.17, 15) is 9.90 Å². The molecule has 2 unspecified atom stereocenters. The van der Waals surface area contributed by atoms with Crippen molar-refractivity contribution in [2.75, 3.05) is 19.6 Å². The van der Waals surface area contributed by atoms with E-state index >= 15 is 0 Å². The van der Waals surface area contributed by atoms with Gasteiger partial charge in [-0.05, 0) is 49.4 Å². The van der Waals surface area contributed by atoms with E-state index in [1.807, 2.05) is 0 Å². The van der Waals surface area contributed by atoms with Gasteiger partial charge in [-0.15, -0.1) is 0 Å². The molecule has 0 bridgehead atoms. The summed E-state index contributed by atoms with van der Waals surface area (Å²) in [5.74, 6) is 0.834. The standard InChI is InChI=1S/C19H29N3O2/c1-14-6-8-22(9-7-14)13-16-4-2-15(3-5-16)11-21-19(24)18-10-17(23)12-20-18/h2-5,14,17-18,20,23H,6-13H2,1H3,(H,21,24). The van der Waals surface area contributed by atoms with Gasteiger partial charge < -0.3 is 15.7 Å². The summed E-state index contributed by atoms with van der Waals surface area (Å²) in [5.41, 5.74) is 2.44. The number of nitrogens with zero attached hydrogens (tertiary/aromatic N) is 1. The van der Waals surface area contributed by atoms with Crippen molar-refractivity contribution in [3.63, 3.8) is 0 Å². The van der Waals surface area contributed by atoms with E-state index in [0.29, 0.717) is 19.5 Å². The zero-order valence-corrected chi connectivity index (χ0v) is 14.5. The largest absolute Gasteiger partial charge is 0.392 e. The molecule has 2 aliphatic rings. The summed E-state index contributed by atoms with van der Waals surface area (Å²) in [6.07, 6.45) is 2.69. The molecule has 0 saturated carbocycles. The van der Waals surface area contributed by atoms with E-state index in [0.717, 1.165) is 18.0 Å². The topological polar surface area (TPSA) is 64.6 Å². The van der Waals surface area contributed by atoms with Crippen molar-refractivity contribution < 1.29 is 9.90 Å². The van der Waals surface area contributed by atoms with Crippen molar-refractivity contribution in [1.82, 2.24) is 15.5 Å². The van der Waals surface area contributed by atoms with Gasteiger partial charge in [0, 0.05) is 19.6 Å². The Bertz CT molecular complexity index is 538. The van der Waals surface area contributed by atoms with Crippen molar-refractivity contribution >= 4 is 5.91 Å². The molecular formula is C19H29N3O2. The fourth-order valence-corrected chi connectivity index (χ4v) is 3.47. The van der Waals surface area contributed by atoms with Crippen LogP contribution in [0.5, 0.6) is 0 Å². The zero-order chi connectivity index (χ0) is 16.9. The molecule has 2 heterocycles. The van der Waals surface area contributed by atoms with Crippen LogP contribution in [0, 0.1) is 5.92 Å². The predicted molar refractivity (Wildman–Crippen MR) is 94.4 cm³/mol. The molecule has 0 aromatic heterocycles. The van der Waals surface area contributed by atoms with Crippen molar-refractivity contribution in [3.8, 4) is 0 Å². The molecule has 1 aromatic rings. The molecule has 1 aromatic carbocycles. The Morgan fingerprint density at radius 2 is 1.92 bits per heavy atom. The van der Waals surface area contributed by atoms with Gasteiger partial charge in [0.05, 0.1) is 12.1 Å². The number of hydrogen-bond donors (Lipinski definition) is 3. The normalized spacial score (nSPS) is 25.8. The average molecular weight is 331 g/mol. The first-order valence-corrected chi connectivity index (χ1v) is 9.09. The molecule has 0 spiro atoms. The van der Waals surface area contributed by atoms with Crippen molar-refractivity contribution in [2.24, 2.45) is 5.92 Å². The van der Waals surface area contributed by atoms with Gasteiger partial charge in [0.2, 0.25) is 5.91 Å². The van der Waals surface area contributed by atoms with Crippen LogP contribution in [0.25, 0.3) is 0 Å². The Morgan fingerprint density at radius 1 is 1.25 bits per heavy atom. The number of piperidine rings is 1. The molecule has 2 saturated heterocycles. The van der Waals surface area contributed by atoms with Crippen LogP contribution in [0.15, 0.2) is 24.3 Å². The Hall–Kier alpha value is -1.43. The van der Waals surface area contributed by atoms with Crippen LogP contribution < -0.4 is 10.6 Å². The highest BCUT2D eigenvalue weighted by molar-refractivity contribution is 5.82. The minimum absolute atomic E-state index is 0.0296. The highest BCUT2D eigenvalue weighted by Crippen LogP contribution is 2.18. The van der Waals surface area contributed by atoms with Gasteiger partial charge in [-0.3, -0.25) is 9.69 Å². The number of carbonyl (C=O) groups excluding carboxylic acids is 1. The van der Waals surface area contributed by atoms with Crippen LogP contribution >= 0.6 is 0 Å². The van der Waals surface area contributed by atoms with Gasteiger partial charge in [0.25, 0.3) is 0 Å².